The molecule has 1 aromatic rings. The summed E-state index contributed by atoms with van der Waals surface area (Å²) in [7, 11) is 0. The van der Waals surface area contributed by atoms with Crippen molar-refractivity contribution >= 4 is 5.82 Å². The number of hydrogen-bond donors (Lipinski definition) is 2. The van der Waals surface area contributed by atoms with Crippen molar-refractivity contribution in [1.29, 1.82) is 0 Å². The van der Waals surface area contributed by atoms with Crippen LogP contribution < -0.4 is 10.6 Å². The van der Waals surface area contributed by atoms with Gasteiger partial charge in [0, 0.05) is 18.3 Å². The fraction of sp³-hybridized carbons (Fsp3) is 0.636. The Morgan fingerprint density at radius 2 is 2.20 bits per heavy atom. The first-order valence-corrected chi connectivity index (χ1v) is 5.58. The van der Waals surface area contributed by atoms with E-state index in [9.17, 15) is 0 Å². The monoisotopic (exact) mass is 204 g/mol. The van der Waals surface area contributed by atoms with Crippen molar-refractivity contribution in [3.8, 4) is 0 Å². The SMILES string of the molecule is Cc1cc(NCC2C3CNCC32)ncn1. The van der Waals surface area contributed by atoms with Gasteiger partial charge in [-0.25, -0.2) is 9.97 Å². The highest BCUT2D eigenvalue weighted by Crippen LogP contribution is 2.48. The lowest BCUT2D eigenvalue weighted by atomic mass is 10.3. The van der Waals surface area contributed by atoms with Gasteiger partial charge in [-0.3, -0.25) is 0 Å². The number of fused-ring (bicyclic) bond motifs is 1. The lowest BCUT2D eigenvalue weighted by molar-refractivity contribution is 0.614. The molecule has 4 nitrogen and oxygen atoms in total. The summed E-state index contributed by atoms with van der Waals surface area (Å²) in [5, 5.41) is 6.80. The number of rotatable bonds is 3. The first-order valence-electron chi connectivity index (χ1n) is 5.58. The van der Waals surface area contributed by atoms with Crippen molar-refractivity contribution in [1.82, 2.24) is 15.3 Å². The zero-order valence-electron chi connectivity index (χ0n) is 8.90. The summed E-state index contributed by atoms with van der Waals surface area (Å²) in [5.41, 5.74) is 1.02. The molecular weight excluding hydrogens is 188 g/mol. The van der Waals surface area contributed by atoms with Crippen molar-refractivity contribution < 1.29 is 0 Å². The van der Waals surface area contributed by atoms with Crippen LogP contribution in [0.4, 0.5) is 5.82 Å². The minimum atomic E-state index is 0.863. The number of aryl methyl sites for hydroxylation is 1. The number of aromatic nitrogens is 2. The zero-order chi connectivity index (χ0) is 10.3. The molecule has 0 aromatic carbocycles. The second kappa shape index (κ2) is 3.45. The molecule has 2 N–H and O–H groups in total. The van der Waals surface area contributed by atoms with Gasteiger partial charge < -0.3 is 10.6 Å². The van der Waals surface area contributed by atoms with Gasteiger partial charge in [-0.1, -0.05) is 0 Å². The van der Waals surface area contributed by atoms with Gasteiger partial charge in [-0.2, -0.15) is 0 Å². The van der Waals surface area contributed by atoms with E-state index in [-0.39, 0.29) is 0 Å². The molecule has 2 fully saturated rings. The van der Waals surface area contributed by atoms with E-state index in [1.807, 2.05) is 13.0 Å². The normalized spacial score (nSPS) is 32.5. The molecule has 2 unspecified atom stereocenters. The van der Waals surface area contributed by atoms with Gasteiger partial charge in [0.1, 0.15) is 12.1 Å². The molecule has 4 heteroatoms. The predicted molar refractivity (Wildman–Crippen MR) is 58.6 cm³/mol. The second-order valence-electron chi connectivity index (χ2n) is 4.58. The van der Waals surface area contributed by atoms with E-state index in [1.54, 1.807) is 6.33 Å². The Balaban J connectivity index is 1.54. The van der Waals surface area contributed by atoms with E-state index in [0.29, 0.717) is 0 Å². The Kier molecular flexibility index (Phi) is 2.09. The first kappa shape index (κ1) is 9.09. The maximum absolute atomic E-state index is 4.20. The second-order valence-corrected chi connectivity index (χ2v) is 4.58. The van der Waals surface area contributed by atoms with Gasteiger partial charge in [0.15, 0.2) is 0 Å². The Labute approximate surface area is 89.5 Å². The number of hydrogen-bond acceptors (Lipinski definition) is 4. The van der Waals surface area contributed by atoms with E-state index < -0.39 is 0 Å². The predicted octanol–water partition coefficient (Wildman–Crippen LogP) is 0.662. The van der Waals surface area contributed by atoms with Crippen LogP contribution in [0.15, 0.2) is 12.4 Å². The molecule has 1 aliphatic carbocycles. The van der Waals surface area contributed by atoms with E-state index in [2.05, 4.69) is 20.6 Å². The molecule has 1 saturated carbocycles. The zero-order valence-corrected chi connectivity index (χ0v) is 8.90. The van der Waals surface area contributed by atoms with Crippen LogP contribution in [0.1, 0.15) is 5.69 Å². The molecule has 1 aliphatic heterocycles. The van der Waals surface area contributed by atoms with Crippen LogP contribution in [0.2, 0.25) is 0 Å². The van der Waals surface area contributed by atoms with Crippen molar-refractivity contribution in [3.63, 3.8) is 0 Å². The summed E-state index contributed by atoms with van der Waals surface area (Å²) < 4.78 is 0. The van der Waals surface area contributed by atoms with Crippen LogP contribution in [0.3, 0.4) is 0 Å². The fourth-order valence-corrected chi connectivity index (χ4v) is 2.62. The molecule has 80 valence electrons. The summed E-state index contributed by atoms with van der Waals surface area (Å²) in [6.07, 6.45) is 1.62. The molecule has 2 heterocycles. The molecule has 0 amide bonds. The molecule has 3 rings (SSSR count). The number of nitrogens with zero attached hydrogens (tertiary/aromatic N) is 2. The van der Waals surface area contributed by atoms with E-state index >= 15 is 0 Å². The third-order valence-corrected chi connectivity index (χ3v) is 3.59. The average molecular weight is 204 g/mol. The van der Waals surface area contributed by atoms with Crippen molar-refractivity contribution in [2.45, 2.75) is 6.92 Å². The maximum Gasteiger partial charge on any atom is 0.129 e. The molecule has 2 aliphatic rings. The Bertz CT molecular complexity index is 355. The quantitative estimate of drug-likeness (QED) is 0.759. The van der Waals surface area contributed by atoms with Gasteiger partial charge >= 0.3 is 0 Å². The first-order chi connectivity index (χ1) is 7.34. The van der Waals surface area contributed by atoms with E-state index in [4.69, 9.17) is 0 Å². The third-order valence-electron chi connectivity index (χ3n) is 3.59. The molecule has 2 atom stereocenters. The average Bonchev–Trinajstić information content (AvgIpc) is 2.69. The molecule has 0 spiro atoms. The van der Waals surface area contributed by atoms with Crippen LogP contribution in [-0.2, 0) is 0 Å². The lowest BCUT2D eigenvalue weighted by Crippen LogP contribution is -2.18. The van der Waals surface area contributed by atoms with E-state index in [0.717, 1.165) is 35.8 Å². The smallest absolute Gasteiger partial charge is 0.129 e. The summed E-state index contributed by atoms with van der Waals surface area (Å²) in [5.74, 6) is 3.66. The van der Waals surface area contributed by atoms with Gasteiger partial charge in [-0.15, -0.1) is 0 Å². The topological polar surface area (TPSA) is 49.8 Å². The Morgan fingerprint density at radius 3 is 2.93 bits per heavy atom. The van der Waals surface area contributed by atoms with Crippen molar-refractivity contribution in [2.75, 3.05) is 25.0 Å². The van der Waals surface area contributed by atoms with Crippen LogP contribution in [0.5, 0.6) is 0 Å². The largest absolute Gasteiger partial charge is 0.370 e. The minimum Gasteiger partial charge on any atom is -0.370 e. The van der Waals surface area contributed by atoms with Gasteiger partial charge in [0.25, 0.3) is 0 Å². The Hall–Kier alpha value is -1.16. The maximum atomic E-state index is 4.20. The molecule has 0 radical (unpaired) electrons. The lowest BCUT2D eigenvalue weighted by Gasteiger charge is -2.07. The highest BCUT2D eigenvalue weighted by Gasteiger charge is 2.52. The van der Waals surface area contributed by atoms with E-state index in [1.165, 1.54) is 13.1 Å². The van der Waals surface area contributed by atoms with Crippen molar-refractivity contribution in [3.05, 3.63) is 18.1 Å². The summed E-state index contributed by atoms with van der Waals surface area (Å²) in [4.78, 5) is 8.27. The summed E-state index contributed by atoms with van der Waals surface area (Å²) in [6, 6.07) is 2.00. The van der Waals surface area contributed by atoms with Crippen LogP contribution in [0.25, 0.3) is 0 Å². The minimum absolute atomic E-state index is 0.863. The summed E-state index contributed by atoms with van der Waals surface area (Å²) >= 11 is 0. The number of piperidine rings is 1. The van der Waals surface area contributed by atoms with Crippen molar-refractivity contribution in [2.24, 2.45) is 17.8 Å². The molecule has 0 bridgehead atoms. The highest BCUT2D eigenvalue weighted by atomic mass is 15.0. The molecule has 1 aromatic heterocycles. The number of nitrogens with one attached hydrogen (secondary N) is 2. The molecule has 15 heavy (non-hydrogen) atoms. The van der Waals surface area contributed by atoms with Gasteiger partial charge in [-0.05, 0) is 37.8 Å². The third kappa shape index (κ3) is 1.69. The van der Waals surface area contributed by atoms with Crippen LogP contribution in [-0.4, -0.2) is 29.6 Å². The standard InChI is InChI=1S/C11H16N4/c1-7-2-11(15-6-14-7)13-5-10-8-3-12-4-9(8)10/h2,6,8-10,12H,3-5H2,1H3,(H,13,14,15). The molecular formula is C11H16N4. The Morgan fingerprint density at radius 1 is 1.40 bits per heavy atom. The fourth-order valence-electron chi connectivity index (χ4n) is 2.62. The van der Waals surface area contributed by atoms with Gasteiger partial charge in [0.05, 0.1) is 0 Å². The summed E-state index contributed by atoms with van der Waals surface area (Å²) in [6.45, 7) is 5.47. The highest BCUT2D eigenvalue weighted by molar-refractivity contribution is 5.35. The van der Waals surface area contributed by atoms with Crippen LogP contribution >= 0.6 is 0 Å². The number of anilines is 1. The molecule has 1 saturated heterocycles. The van der Waals surface area contributed by atoms with Gasteiger partial charge in [0.2, 0.25) is 0 Å². The van der Waals surface area contributed by atoms with Crippen LogP contribution in [0, 0.1) is 24.7 Å².